The van der Waals surface area contributed by atoms with E-state index in [-0.39, 0.29) is 12.5 Å². The van der Waals surface area contributed by atoms with Crippen molar-refractivity contribution >= 4 is 11.6 Å². The maximum Gasteiger partial charge on any atom is 0.244 e. The van der Waals surface area contributed by atoms with Crippen LogP contribution in [0.4, 0.5) is 5.69 Å². The van der Waals surface area contributed by atoms with E-state index < -0.39 is 5.54 Å². The number of hydrogen-bond acceptors (Lipinski definition) is 4. The zero-order chi connectivity index (χ0) is 14.3. The van der Waals surface area contributed by atoms with Crippen LogP contribution in [-0.4, -0.2) is 18.1 Å². The fraction of sp³-hybridized carbons (Fsp3) is 0.429. The molecule has 0 spiro atoms. The van der Waals surface area contributed by atoms with Crippen LogP contribution in [0, 0.1) is 11.3 Å². The summed E-state index contributed by atoms with van der Waals surface area (Å²) in [7, 11) is 0. The van der Waals surface area contributed by atoms with Crippen molar-refractivity contribution in [2.24, 2.45) is 5.73 Å². The molecule has 0 aromatic heterocycles. The van der Waals surface area contributed by atoms with Crippen LogP contribution in [0.15, 0.2) is 24.3 Å². The predicted octanol–water partition coefficient (Wildman–Crippen LogP) is 2.04. The lowest BCUT2D eigenvalue weighted by atomic mass is 9.93. The maximum absolute atomic E-state index is 12.0. The molecule has 19 heavy (non-hydrogen) atoms. The third-order valence-electron chi connectivity index (χ3n) is 3.13. The van der Waals surface area contributed by atoms with Crippen molar-refractivity contribution in [3.8, 4) is 11.8 Å². The predicted molar refractivity (Wildman–Crippen MR) is 73.7 cm³/mol. The molecule has 0 saturated heterocycles. The number of rotatable bonds is 6. The fourth-order valence-corrected chi connectivity index (χ4v) is 1.58. The van der Waals surface area contributed by atoms with Crippen LogP contribution < -0.4 is 15.8 Å². The Labute approximate surface area is 113 Å². The Morgan fingerprint density at radius 2 is 1.95 bits per heavy atom. The SMILES string of the molecule is CCC(N)(CC)C(=O)Nc1ccc(OCC#N)cc1. The molecule has 0 aliphatic rings. The number of carbonyl (C=O) groups is 1. The zero-order valence-electron chi connectivity index (χ0n) is 11.3. The highest BCUT2D eigenvalue weighted by Gasteiger charge is 2.29. The molecule has 0 bridgehead atoms. The van der Waals surface area contributed by atoms with Gasteiger partial charge in [0, 0.05) is 5.69 Å². The summed E-state index contributed by atoms with van der Waals surface area (Å²) in [4.78, 5) is 12.0. The van der Waals surface area contributed by atoms with E-state index in [1.807, 2.05) is 19.9 Å². The Morgan fingerprint density at radius 1 is 1.37 bits per heavy atom. The van der Waals surface area contributed by atoms with E-state index in [9.17, 15) is 4.79 Å². The third kappa shape index (κ3) is 3.97. The van der Waals surface area contributed by atoms with Crippen molar-refractivity contribution in [2.45, 2.75) is 32.2 Å². The molecule has 0 saturated carbocycles. The van der Waals surface area contributed by atoms with Crippen LogP contribution in [0.5, 0.6) is 5.75 Å². The first kappa shape index (κ1) is 15.0. The van der Waals surface area contributed by atoms with Crippen LogP contribution in [0.25, 0.3) is 0 Å². The molecular weight excluding hydrogens is 242 g/mol. The number of nitrogens with two attached hydrogens (primary N) is 1. The minimum absolute atomic E-state index is 0.00326. The van der Waals surface area contributed by atoms with Gasteiger partial charge in [-0.15, -0.1) is 0 Å². The molecule has 1 rings (SSSR count). The van der Waals surface area contributed by atoms with Gasteiger partial charge in [0.1, 0.15) is 11.8 Å². The topological polar surface area (TPSA) is 88.1 Å². The first-order chi connectivity index (χ1) is 9.05. The molecule has 102 valence electrons. The third-order valence-corrected chi connectivity index (χ3v) is 3.13. The van der Waals surface area contributed by atoms with Gasteiger partial charge >= 0.3 is 0 Å². The van der Waals surface area contributed by atoms with Gasteiger partial charge in [0.25, 0.3) is 0 Å². The van der Waals surface area contributed by atoms with Crippen molar-refractivity contribution < 1.29 is 9.53 Å². The van der Waals surface area contributed by atoms with Crippen LogP contribution in [0.1, 0.15) is 26.7 Å². The molecule has 5 nitrogen and oxygen atoms in total. The summed E-state index contributed by atoms with van der Waals surface area (Å²) in [5.74, 6) is 0.396. The molecule has 0 heterocycles. The number of carbonyl (C=O) groups excluding carboxylic acids is 1. The van der Waals surface area contributed by atoms with Crippen molar-refractivity contribution in [2.75, 3.05) is 11.9 Å². The number of nitrogens with one attached hydrogen (secondary N) is 1. The van der Waals surface area contributed by atoms with Gasteiger partial charge in [-0.2, -0.15) is 5.26 Å². The average molecular weight is 261 g/mol. The Kier molecular flexibility index (Phi) is 5.34. The number of nitrogens with zero attached hydrogens (tertiary/aromatic N) is 1. The molecule has 1 amide bonds. The minimum atomic E-state index is -0.837. The lowest BCUT2D eigenvalue weighted by Gasteiger charge is -2.25. The van der Waals surface area contributed by atoms with E-state index in [1.54, 1.807) is 24.3 Å². The van der Waals surface area contributed by atoms with Crippen molar-refractivity contribution in [1.29, 1.82) is 5.26 Å². The molecule has 0 fully saturated rings. The first-order valence-corrected chi connectivity index (χ1v) is 6.26. The minimum Gasteiger partial charge on any atom is -0.479 e. The molecular formula is C14H19N3O2. The summed E-state index contributed by atoms with van der Waals surface area (Å²) in [6, 6.07) is 8.72. The van der Waals surface area contributed by atoms with Crippen LogP contribution in [-0.2, 0) is 4.79 Å². The lowest BCUT2D eigenvalue weighted by Crippen LogP contribution is -2.50. The van der Waals surface area contributed by atoms with Gasteiger partial charge in [-0.05, 0) is 37.1 Å². The highest BCUT2D eigenvalue weighted by atomic mass is 16.5. The van der Waals surface area contributed by atoms with E-state index in [1.165, 1.54) is 0 Å². The number of benzene rings is 1. The standard InChI is InChI=1S/C14H19N3O2/c1-3-14(16,4-2)13(18)17-11-5-7-12(8-6-11)19-10-9-15/h5-8H,3-4,10,16H2,1-2H3,(H,17,18). The van der Waals surface area contributed by atoms with E-state index >= 15 is 0 Å². The summed E-state index contributed by atoms with van der Waals surface area (Å²) in [5, 5.41) is 11.2. The normalized spacial score (nSPS) is 10.6. The molecule has 3 N–H and O–H groups in total. The van der Waals surface area contributed by atoms with E-state index in [2.05, 4.69) is 5.32 Å². The smallest absolute Gasteiger partial charge is 0.244 e. The van der Waals surface area contributed by atoms with E-state index in [4.69, 9.17) is 15.7 Å². The molecule has 1 aromatic carbocycles. The fourth-order valence-electron chi connectivity index (χ4n) is 1.58. The highest BCUT2D eigenvalue weighted by molar-refractivity contribution is 5.97. The number of amides is 1. The number of nitriles is 1. The second kappa shape index (κ2) is 6.76. The quantitative estimate of drug-likeness (QED) is 0.820. The van der Waals surface area contributed by atoms with E-state index in [0.717, 1.165) is 0 Å². The van der Waals surface area contributed by atoms with Gasteiger partial charge in [0.05, 0.1) is 5.54 Å². The second-order valence-corrected chi connectivity index (χ2v) is 4.29. The first-order valence-electron chi connectivity index (χ1n) is 6.26. The lowest BCUT2D eigenvalue weighted by molar-refractivity contribution is -0.121. The highest BCUT2D eigenvalue weighted by Crippen LogP contribution is 2.18. The van der Waals surface area contributed by atoms with Crippen molar-refractivity contribution in [3.63, 3.8) is 0 Å². The Bertz CT molecular complexity index is 459. The number of hydrogen-bond donors (Lipinski definition) is 2. The summed E-state index contributed by atoms with van der Waals surface area (Å²) in [5.41, 5.74) is 5.83. The maximum atomic E-state index is 12.0. The molecule has 0 aliphatic heterocycles. The Hall–Kier alpha value is -2.06. The van der Waals surface area contributed by atoms with Crippen LogP contribution in [0.2, 0.25) is 0 Å². The molecule has 0 atom stereocenters. The van der Waals surface area contributed by atoms with Gasteiger partial charge in [0.15, 0.2) is 6.61 Å². The van der Waals surface area contributed by atoms with Gasteiger partial charge in [0.2, 0.25) is 5.91 Å². The Morgan fingerprint density at radius 3 is 2.42 bits per heavy atom. The van der Waals surface area contributed by atoms with Gasteiger partial charge in [-0.25, -0.2) is 0 Å². The summed E-state index contributed by atoms with van der Waals surface area (Å²) < 4.78 is 5.13. The summed E-state index contributed by atoms with van der Waals surface area (Å²) >= 11 is 0. The van der Waals surface area contributed by atoms with Crippen molar-refractivity contribution in [1.82, 2.24) is 0 Å². The zero-order valence-corrected chi connectivity index (χ0v) is 11.3. The second-order valence-electron chi connectivity index (χ2n) is 4.29. The van der Waals surface area contributed by atoms with Gasteiger partial charge < -0.3 is 15.8 Å². The van der Waals surface area contributed by atoms with Gasteiger partial charge in [-0.3, -0.25) is 4.79 Å². The molecule has 0 radical (unpaired) electrons. The summed E-state index contributed by atoms with van der Waals surface area (Å²) in [6.45, 7) is 3.78. The molecule has 5 heteroatoms. The number of ether oxygens (including phenoxy) is 1. The van der Waals surface area contributed by atoms with Crippen LogP contribution in [0.3, 0.4) is 0 Å². The largest absolute Gasteiger partial charge is 0.479 e. The Balaban J connectivity index is 2.68. The van der Waals surface area contributed by atoms with Gasteiger partial charge in [-0.1, -0.05) is 13.8 Å². The monoisotopic (exact) mass is 261 g/mol. The molecule has 0 unspecified atom stereocenters. The molecule has 1 aromatic rings. The summed E-state index contributed by atoms with van der Waals surface area (Å²) in [6.07, 6.45) is 1.16. The van der Waals surface area contributed by atoms with E-state index in [0.29, 0.717) is 24.3 Å². The number of anilines is 1. The average Bonchev–Trinajstić information content (AvgIpc) is 2.45. The van der Waals surface area contributed by atoms with Crippen molar-refractivity contribution in [3.05, 3.63) is 24.3 Å². The van der Waals surface area contributed by atoms with Crippen LogP contribution >= 0.6 is 0 Å². The molecule has 0 aliphatic carbocycles.